The maximum absolute atomic E-state index is 13.1. The number of benzene rings is 2. The van der Waals surface area contributed by atoms with Crippen molar-refractivity contribution in [1.29, 1.82) is 0 Å². The molecule has 0 fully saturated rings. The molecule has 0 aliphatic heterocycles. The summed E-state index contributed by atoms with van der Waals surface area (Å²) < 4.78 is 24.5. The minimum Gasteiger partial charge on any atom is -0.493 e. The summed E-state index contributed by atoms with van der Waals surface area (Å²) in [5.74, 6) is 0.322. The second kappa shape index (κ2) is 6.62. The van der Waals surface area contributed by atoms with Crippen LogP contribution in [0.25, 0.3) is 10.2 Å². The number of carbonyl (C=O) groups is 1. The van der Waals surface area contributed by atoms with Gasteiger partial charge in [0.15, 0.2) is 23.2 Å². The molecule has 7 heteroatoms. The summed E-state index contributed by atoms with van der Waals surface area (Å²) in [4.78, 5) is 16.1. The monoisotopic (exact) mass is 332 g/mol. The molecule has 1 heterocycles. The Hall–Kier alpha value is -2.67. The molecule has 1 N–H and O–H groups in total. The highest BCUT2D eigenvalue weighted by Gasteiger charge is 2.10. The zero-order valence-corrected chi connectivity index (χ0v) is 13.0. The van der Waals surface area contributed by atoms with Crippen LogP contribution in [0.5, 0.6) is 11.5 Å². The Morgan fingerprint density at radius 3 is 2.83 bits per heavy atom. The van der Waals surface area contributed by atoms with Gasteiger partial charge in [0.1, 0.15) is 5.82 Å². The maximum Gasteiger partial charge on any atom is 0.264 e. The molecule has 118 valence electrons. The first-order valence-corrected chi connectivity index (χ1v) is 7.59. The SMILES string of the molecule is COc1ccccc1OCC(=O)Nc1nc2cc(F)ccc2s1. The zero-order valence-electron chi connectivity index (χ0n) is 12.2. The summed E-state index contributed by atoms with van der Waals surface area (Å²) in [6.45, 7) is -0.176. The number of fused-ring (bicyclic) bond motifs is 1. The van der Waals surface area contributed by atoms with Crippen molar-refractivity contribution >= 4 is 32.6 Å². The molecule has 0 aliphatic carbocycles. The Balaban J connectivity index is 1.64. The predicted octanol–water partition coefficient (Wildman–Crippen LogP) is 3.46. The average molecular weight is 332 g/mol. The lowest BCUT2D eigenvalue weighted by atomic mass is 10.3. The van der Waals surface area contributed by atoms with E-state index < -0.39 is 0 Å². The summed E-state index contributed by atoms with van der Waals surface area (Å²) in [6, 6.07) is 11.4. The molecular weight excluding hydrogens is 319 g/mol. The van der Waals surface area contributed by atoms with Gasteiger partial charge in [-0.1, -0.05) is 23.5 Å². The van der Waals surface area contributed by atoms with E-state index in [0.29, 0.717) is 22.1 Å². The van der Waals surface area contributed by atoms with Crippen molar-refractivity contribution in [2.45, 2.75) is 0 Å². The molecule has 3 rings (SSSR count). The van der Waals surface area contributed by atoms with Crippen molar-refractivity contribution in [1.82, 2.24) is 4.98 Å². The van der Waals surface area contributed by atoms with E-state index in [1.165, 1.54) is 30.6 Å². The Labute approximate surface area is 135 Å². The lowest BCUT2D eigenvalue weighted by Crippen LogP contribution is -2.20. The number of aromatic nitrogens is 1. The third kappa shape index (κ3) is 3.57. The molecular formula is C16H13FN2O3S. The standard InChI is InChI=1S/C16H13FN2O3S/c1-21-12-4-2-3-5-13(12)22-9-15(20)19-16-18-11-8-10(17)6-7-14(11)23-16/h2-8H,9H2,1H3,(H,18,19,20). The Bertz CT molecular complexity index is 850. The van der Waals surface area contributed by atoms with Gasteiger partial charge in [-0.15, -0.1) is 0 Å². The first-order chi connectivity index (χ1) is 11.2. The van der Waals surface area contributed by atoms with E-state index in [9.17, 15) is 9.18 Å². The van der Waals surface area contributed by atoms with Gasteiger partial charge in [-0.3, -0.25) is 10.1 Å². The number of nitrogens with zero attached hydrogens (tertiary/aromatic N) is 1. The molecule has 1 amide bonds. The smallest absolute Gasteiger partial charge is 0.264 e. The number of rotatable bonds is 5. The molecule has 23 heavy (non-hydrogen) atoms. The number of ether oxygens (including phenoxy) is 2. The van der Waals surface area contributed by atoms with Crippen molar-refractivity contribution in [3.8, 4) is 11.5 Å². The van der Waals surface area contributed by atoms with Crippen LogP contribution in [-0.4, -0.2) is 24.6 Å². The van der Waals surface area contributed by atoms with Gasteiger partial charge in [0.2, 0.25) is 0 Å². The number of amides is 1. The Morgan fingerprint density at radius 1 is 1.26 bits per heavy atom. The van der Waals surface area contributed by atoms with Crippen LogP contribution in [0, 0.1) is 5.82 Å². The summed E-state index contributed by atoms with van der Waals surface area (Å²) in [7, 11) is 1.53. The fraction of sp³-hybridized carbons (Fsp3) is 0.125. The molecule has 0 aliphatic rings. The number of anilines is 1. The van der Waals surface area contributed by atoms with Crippen LogP contribution < -0.4 is 14.8 Å². The average Bonchev–Trinajstić information content (AvgIpc) is 2.94. The van der Waals surface area contributed by atoms with E-state index >= 15 is 0 Å². The predicted molar refractivity (Wildman–Crippen MR) is 86.7 cm³/mol. The summed E-state index contributed by atoms with van der Waals surface area (Å²) >= 11 is 1.27. The second-order valence-electron chi connectivity index (χ2n) is 4.62. The molecule has 0 saturated heterocycles. The van der Waals surface area contributed by atoms with Crippen LogP contribution in [0.1, 0.15) is 0 Å². The molecule has 1 aromatic heterocycles. The van der Waals surface area contributed by atoms with Gasteiger partial charge in [0, 0.05) is 6.07 Å². The summed E-state index contributed by atoms with van der Waals surface area (Å²) in [5.41, 5.74) is 0.510. The molecule has 0 unspecified atom stereocenters. The second-order valence-corrected chi connectivity index (χ2v) is 5.65. The van der Waals surface area contributed by atoms with Crippen molar-refractivity contribution in [3.05, 3.63) is 48.3 Å². The number of hydrogen-bond acceptors (Lipinski definition) is 5. The minimum absolute atomic E-state index is 0.176. The van der Waals surface area contributed by atoms with Crippen LogP contribution in [0.4, 0.5) is 9.52 Å². The number of halogens is 1. The van der Waals surface area contributed by atoms with Gasteiger partial charge in [-0.25, -0.2) is 9.37 Å². The van der Waals surface area contributed by atoms with Crippen molar-refractivity contribution in [3.63, 3.8) is 0 Å². The third-order valence-electron chi connectivity index (χ3n) is 3.02. The fourth-order valence-electron chi connectivity index (χ4n) is 1.99. The van der Waals surface area contributed by atoms with Gasteiger partial charge in [-0.05, 0) is 24.3 Å². The van der Waals surface area contributed by atoms with E-state index in [1.54, 1.807) is 24.3 Å². The molecule has 0 saturated carbocycles. The van der Waals surface area contributed by atoms with Crippen LogP contribution in [0.3, 0.4) is 0 Å². The normalized spacial score (nSPS) is 10.5. The van der Waals surface area contributed by atoms with E-state index in [2.05, 4.69) is 10.3 Å². The van der Waals surface area contributed by atoms with Crippen molar-refractivity contribution in [2.75, 3.05) is 19.0 Å². The van der Waals surface area contributed by atoms with Gasteiger partial charge in [-0.2, -0.15) is 0 Å². The molecule has 0 spiro atoms. The largest absolute Gasteiger partial charge is 0.493 e. The number of para-hydroxylation sites is 2. The van der Waals surface area contributed by atoms with E-state index in [-0.39, 0.29) is 18.3 Å². The lowest BCUT2D eigenvalue weighted by molar-refractivity contribution is -0.118. The number of carbonyl (C=O) groups excluding carboxylic acids is 1. The van der Waals surface area contributed by atoms with Crippen LogP contribution in [0.2, 0.25) is 0 Å². The molecule has 2 aromatic carbocycles. The first kappa shape index (κ1) is 15.2. The number of thiazole rings is 1. The molecule has 5 nitrogen and oxygen atoms in total. The molecule has 3 aromatic rings. The number of nitrogens with one attached hydrogen (secondary N) is 1. The number of methoxy groups -OCH3 is 1. The van der Waals surface area contributed by atoms with Crippen LogP contribution in [0.15, 0.2) is 42.5 Å². The topological polar surface area (TPSA) is 60.5 Å². The van der Waals surface area contributed by atoms with Crippen molar-refractivity contribution in [2.24, 2.45) is 0 Å². The highest BCUT2D eigenvalue weighted by molar-refractivity contribution is 7.22. The quantitative estimate of drug-likeness (QED) is 0.777. The van der Waals surface area contributed by atoms with Gasteiger partial charge in [0.05, 0.1) is 17.3 Å². The van der Waals surface area contributed by atoms with Crippen LogP contribution >= 0.6 is 11.3 Å². The fourth-order valence-corrected chi connectivity index (χ4v) is 2.85. The Kier molecular flexibility index (Phi) is 4.38. The third-order valence-corrected chi connectivity index (χ3v) is 3.98. The van der Waals surface area contributed by atoms with Gasteiger partial charge >= 0.3 is 0 Å². The van der Waals surface area contributed by atoms with E-state index in [4.69, 9.17) is 9.47 Å². The lowest BCUT2D eigenvalue weighted by Gasteiger charge is -2.09. The zero-order chi connectivity index (χ0) is 16.2. The summed E-state index contributed by atoms with van der Waals surface area (Å²) in [6.07, 6.45) is 0. The highest BCUT2D eigenvalue weighted by Crippen LogP contribution is 2.27. The molecule has 0 radical (unpaired) electrons. The van der Waals surface area contributed by atoms with Crippen LogP contribution in [-0.2, 0) is 4.79 Å². The van der Waals surface area contributed by atoms with Crippen molar-refractivity contribution < 1.29 is 18.7 Å². The van der Waals surface area contributed by atoms with Gasteiger partial charge < -0.3 is 9.47 Å². The molecule has 0 bridgehead atoms. The van der Waals surface area contributed by atoms with Gasteiger partial charge in [0.25, 0.3) is 5.91 Å². The first-order valence-electron chi connectivity index (χ1n) is 6.77. The minimum atomic E-state index is -0.361. The maximum atomic E-state index is 13.1. The Morgan fingerprint density at radius 2 is 2.04 bits per heavy atom. The summed E-state index contributed by atoms with van der Waals surface area (Å²) in [5, 5.41) is 3.04. The van der Waals surface area contributed by atoms with E-state index in [0.717, 1.165) is 4.70 Å². The number of hydrogen-bond donors (Lipinski definition) is 1. The highest BCUT2D eigenvalue weighted by atomic mass is 32.1. The molecule has 0 atom stereocenters. The van der Waals surface area contributed by atoms with E-state index in [1.807, 2.05) is 6.07 Å².